The highest BCUT2D eigenvalue weighted by Crippen LogP contribution is 2.19. The van der Waals surface area contributed by atoms with Crippen molar-refractivity contribution >= 4 is 28.5 Å². The summed E-state index contributed by atoms with van der Waals surface area (Å²) in [6.45, 7) is 0.704. The average Bonchev–Trinajstić information content (AvgIpc) is 3.07. The lowest BCUT2D eigenvalue weighted by Gasteiger charge is -2.11. The van der Waals surface area contributed by atoms with Crippen LogP contribution in [0.25, 0.3) is 10.9 Å². The maximum Gasteiger partial charge on any atom is 0.243 e. The van der Waals surface area contributed by atoms with E-state index in [2.05, 4.69) is 30.9 Å². The fraction of sp³-hybridized carbons (Fsp3) is 0.211. The number of amides is 1. The number of hydrogen-bond acceptors (Lipinski definition) is 3. The molecule has 0 unspecified atom stereocenters. The van der Waals surface area contributed by atoms with Crippen LogP contribution in [0, 0.1) is 5.82 Å². The summed E-state index contributed by atoms with van der Waals surface area (Å²) in [4.78, 5) is 23.1. The fourth-order valence-corrected chi connectivity index (χ4v) is 2.71. The molecule has 0 saturated heterocycles. The lowest BCUT2D eigenvalue weighted by molar-refractivity contribution is -0.115. The number of benzene rings is 1. The number of carbonyl (C=O) groups is 1. The van der Waals surface area contributed by atoms with E-state index in [0.29, 0.717) is 18.2 Å². The molecule has 3 aromatic rings. The number of H-pyrrole nitrogens is 1. The highest BCUT2D eigenvalue weighted by atomic mass is 19.1. The molecule has 27 heavy (non-hydrogen) atoms. The summed E-state index contributed by atoms with van der Waals surface area (Å²) >= 11 is 0. The van der Waals surface area contributed by atoms with Crippen molar-refractivity contribution < 1.29 is 9.18 Å². The minimum atomic E-state index is -0.261. The molecule has 2 heterocycles. The quantitative estimate of drug-likeness (QED) is 0.396. The zero-order valence-corrected chi connectivity index (χ0v) is 14.9. The van der Waals surface area contributed by atoms with Gasteiger partial charge in [-0.1, -0.05) is 0 Å². The first-order valence-corrected chi connectivity index (χ1v) is 8.55. The number of aromatic amines is 1. The number of anilines is 1. The molecule has 1 aromatic carbocycles. The van der Waals surface area contributed by atoms with Gasteiger partial charge in [0.25, 0.3) is 0 Å². The van der Waals surface area contributed by atoms with Crippen LogP contribution in [0.15, 0.2) is 53.9 Å². The molecule has 0 radical (unpaired) electrons. The third-order valence-corrected chi connectivity index (χ3v) is 4.00. The summed E-state index contributed by atoms with van der Waals surface area (Å²) in [6.07, 6.45) is 5.83. The van der Waals surface area contributed by atoms with Crippen LogP contribution in [-0.4, -0.2) is 42.0 Å². The molecular weight excluding hydrogens is 347 g/mol. The van der Waals surface area contributed by atoms with Crippen molar-refractivity contribution in [2.45, 2.75) is 6.42 Å². The summed E-state index contributed by atoms with van der Waals surface area (Å²) in [7, 11) is 1.64. The molecule has 7 nitrogen and oxygen atoms in total. The van der Waals surface area contributed by atoms with E-state index in [-0.39, 0.29) is 18.3 Å². The Bertz CT molecular complexity index is 938. The van der Waals surface area contributed by atoms with Gasteiger partial charge in [-0.25, -0.2) is 4.39 Å². The van der Waals surface area contributed by atoms with Crippen LogP contribution in [0.3, 0.4) is 0 Å². The molecule has 0 spiro atoms. The standard InChI is InChI=1S/C19H21FN6O/c1-21-19(25-12-18(27)26-15-3-2-7-22-11-15)23-8-6-13-10-24-17-9-14(20)4-5-16(13)17/h2-5,7,9-11,24H,6,8,12H2,1H3,(H,26,27)(H2,21,23,25). The van der Waals surface area contributed by atoms with E-state index in [1.165, 1.54) is 12.1 Å². The van der Waals surface area contributed by atoms with Gasteiger partial charge >= 0.3 is 0 Å². The SMILES string of the molecule is CN=C(NCCc1c[nH]c2cc(F)ccc12)NCC(=O)Nc1cccnc1. The zero-order chi connectivity index (χ0) is 19.1. The van der Waals surface area contributed by atoms with Crippen LogP contribution in [0.5, 0.6) is 0 Å². The van der Waals surface area contributed by atoms with Gasteiger partial charge in [0.15, 0.2) is 5.96 Å². The van der Waals surface area contributed by atoms with Gasteiger partial charge in [0.1, 0.15) is 5.82 Å². The van der Waals surface area contributed by atoms with E-state index in [4.69, 9.17) is 0 Å². The van der Waals surface area contributed by atoms with Gasteiger partial charge in [-0.05, 0) is 42.3 Å². The topological polar surface area (TPSA) is 94.2 Å². The first-order chi connectivity index (χ1) is 13.2. The number of fused-ring (bicyclic) bond motifs is 1. The Hall–Kier alpha value is -3.42. The van der Waals surface area contributed by atoms with Crippen molar-refractivity contribution in [3.05, 3.63) is 60.3 Å². The van der Waals surface area contributed by atoms with Gasteiger partial charge in [0.05, 0.1) is 18.4 Å². The largest absolute Gasteiger partial charge is 0.361 e. The Morgan fingerprint density at radius 1 is 1.30 bits per heavy atom. The number of nitrogens with zero attached hydrogens (tertiary/aromatic N) is 2. The molecule has 2 aromatic heterocycles. The minimum Gasteiger partial charge on any atom is -0.361 e. The first-order valence-electron chi connectivity index (χ1n) is 8.55. The van der Waals surface area contributed by atoms with Gasteiger partial charge in [0.2, 0.25) is 5.91 Å². The van der Waals surface area contributed by atoms with Crippen molar-refractivity contribution in [2.24, 2.45) is 4.99 Å². The third-order valence-electron chi connectivity index (χ3n) is 4.00. The normalized spacial score (nSPS) is 11.4. The summed E-state index contributed by atoms with van der Waals surface area (Å²) in [5.74, 6) is 0.0787. The Balaban J connectivity index is 1.45. The maximum atomic E-state index is 13.2. The number of aliphatic imine (C=N–C) groups is 1. The van der Waals surface area contributed by atoms with E-state index in [9.17, 15) is 9.18 Å². The molecule has 140 valence electrons. The second-order valence-electron chi connectivity index (χ2n) is 5.90. The maximum absolute atomic E-state index is 13.2. The van der Waals surface area contributed by atoms with Gasteiger partial charge < -0.3 is 20.9 Å². The van der Waals surface area contributed by atoms with Crippen LogP contribution in [0.2, 0.25) is 0 Å². The molecule has 1 amide bonds. The van der Waals surface area contributed by atoms with E-state index in [0.717, 1.165) is 22.9 Å². The number of halogens is 1. The predicted octanol–water partition coefficient (Wildman–Crippen LogP) is 2.05. The van der Waals surface area contributed by atoms with Crippen LogP contribution in [0.4, 0.5) is 10.1 Å². The number of aromatic nitrogens is 2. The Morgan fingerprint density at radius 3 is 2.96 bits per heavy atom. The molecule has 8 heteroatoms. The van der Waals surface area contributed by atoms with E-state index >= 15 is 0 Å². The molecule has 0 aliphatic heterocycles. The number of pyridine rings is 1. The predicted molar refractivity (Wildman–Crippen MR) is 104 cm³/mol. The van der Waals surface area contributed by atoms with Crippen molar-refractivity contribution in [2.75, 3.05) is 25.5 Å². The van der Waals surface area contributed by atoms with E-state index in [1.807, 2.05) is 6.20 Å². The van der Waals surface area contributed by atoms with Crippen molar-refractivity contribution in [3.8, 4) is 0 Å². The molecule has 0 bridgehead atoms. The molecule has 0 fully saturated rings. The minimum absolute atomic E-state index is 0.0843. The Kier molecular flexibility index (Phi) is 5.98. The molecule has 0 saturated carbocycles. The van der Waals surface area contributed by atoms with Crippen molar-refractivity contribution in [1.82, 2.24) is 20.6 Å². The highest BCUT2D eigenvalue weighted by molar-refractivity contribution is 5.94. The zero-order valence-electron chi connectivity index (χ0n) is 14.9. The average molecular weight is 368 g/mol. The lowest BCUT2D eigenvalue weighted by atomic mass is 10.1. The molecule has 0 aliphatic rings. The number of hydrogen-bond donors (Lipinski definition) is 4. The van der Waals surface area contributed by atoms with Crippen LogP contribution < -0.4 is 16.0 Å². The Morgan fingerprint density at radius 2 is 2.19 bits per heavy atom. The summed E-state index contributed by atoms with van der Waals surface area (Å²) in [6, 6.07) is 8.22. The molecule has 0 atom stereocenters. The second kappa shape index (κ2) is 8.79. The Labute approximate surface area is 156 Å². The second-order valence-corrected chi connectivity index (χ2v) is 5.90. The van der Waals surface area contributed by atoms with Crippen LogP contribution >= 0.6 is 0 Å². The van der Waals surface area contributed by atoms with Crippen LogP contribution in [0.1, 0.15) is 5.56 Å². The summed E-state index contributed by atoms with van der Waals surface area (Å²) in [5.41, 5.74) is 2.50. The first kappa shape index (κ1) is 18.4. The molecule has 4 N–H and O–H groups in total. The number of guanidine groups is 1. The van der Waals surface area contributed by atoms with Crippen molar-refractivity contribution in [3.63, 3.8) is 0 Å². The number of carbonyl (C=O) groups excluding carboxylic acids is 1. The number of nitrogens with one attached hydrogen (secondary N) is 4. The van der Waals surface area contributed by atoms with Gasteiger partial charge in [-0.3, -0.25) is 14.8 Å². The van der Waals surface area contributed by atoms with E-state index in [1.54, 1.807) is 37.6 Å². The van der Waals surface area contributed by atoms with Crippen LogP contribution in [-0.2, 0) is 11.2 Å². The summed E-state index contributed by atoms with van der Waals surface area (Å²) < 4.78 is 13.2. The van der Waals surface area contributed by atoms with Gasteiger partial charge in [0, 0.05) is 36.9 Å². The van der Waals surface area contributed by atoms with Gasteiger partial charge in [-0.15, -0.1) is 0 Å². The molecule has 0 aliphatic carbocycles. The summed E-state index contributed by atoms with van der Waals surface area (Å²) in [5, 5.41) is 9.87. The smallest absolute Gasteiger partial charge is 0.243 e. The van der Waals surface area contributed by atoms with Gasteiger partial charge in [-0.2, -0.15) is 0 Å². The molecular formula is C19H21FN6O. The van der Waals surface area contributed by atoms with Crippen molar-refractivity contribution in [1.29, 1.82) is 0 Å². The third kappa shape index (κ3) is 5.04. The molecule has 3 rings (SSSR count). The fourth-order valence-electron chi connectivity index (χ4n) is 2.71. The monoisotopic (exact) mass is 368 g/mol. The lowest BCUT2D eigenvalue weighted by Crippen LogP contribution is -2.42. The highest BCUT2D eigenvalue weighted by Gasteiger charge is 2.07. The van der Waals surface area contributed by atoms with E-state index < -0.39 is 0 Å². The number of rotatable bonds is 6.